The fourth-order valence-electron chi connectivity index (χ4n) is 2.46. The van der Waals surface area contributed by atoms with Gasteiger partial charge in [0, 0.05) is 22.3 Å². The SMILES string of the molecule is OC(Cn1cnnn1)(c1ccc(F)cc1F)C(F)(F)c1cnc(CI)cn1. The quantitative estimate of drug-likeness (QED) is 0.322. The maximum Gasteiger partial charge on any atom is 0.325 e. The Morgan fingerprint density at radius 1 is 1.15 bits per heavy atom. The van der Waals surface area contributed by atoms with Crippen molar-refractivity contribution in [2.75, 3.05) is 0 Å². The molecule has 2 aromatic heterocycles. The zero-order valence-corrected chi connectivity index (χ0v) is 15.6. The number of hydrogen-bond acceptors (Lipinski definition) is 6. The van der Waals surface area contributed by atoms with Crippen molar-refractivity contribution in [2.45, 2.75) is 22.5 Å². The first-order valence-electron chi connectivity index (χ1n) is 7.42. The molecule has 12 heteroatoms. The second-order valence-electron chi connectivity index (χ2n) is 5.59. The molecule has 3 aromatic rings. The highest BCUT2D eigenvalue weighted by Crippen LogP contribution is 2.46. The molecule has 1 N–H and O–H groups in total. The van der Waals surface area contributed by atoms with Gasteiger partial charge in [-0.25, -0.2) is 13.5 Å². The lowest BCUT2D eigenvalue weighted by Gasteiger charge is -2.35. The van der Waals surface area contributed by atoms with Gasteiger partial charge in [-0.3, -0.25) is 9.97 Å². The molecule has 0 aliphatic heterocycles. The predicted molar refractivity (Wildman–Crippen MR) is 91.7 cm³/mol. The van der Waals surface area contributed by atoms with E-state index in [1.165, 1.54) is 0 Å². The molecule has 2 heterocycles. The molecule has 7 nitrogen and oxygen atoms in total. The molecule has 0 bridgehead atoms. The molecule has 1 unspecified atom stereocenters. The van der Waals surface area contributed by atoms with E-state index in [4.69, 9.17) is 0 Å². The number of hydrogen-bond donors (Lipinski definition) is 1. The first-order chi connectivity index (χ1) is 12.8. The van der Waals surface area contributed by atoms with E-state index >= 15 is 8.78 Å². The standard InChI is InChI=1S/C15H11F4IN6O/c16-9-1-2-11(12(17)3-9)14(27,7-26-8-23-24-25-26)15(18,19)13-6-21-10(4-20)5-22-13/h1-3,5-6,8,27H,4,7H2. The lowest BCUT2D eigenvalue weighted by Crippen LogP contribution is -2.48. The predicted octanol–water partition coefficient (Wildman–Crippen LogP) is 2.36. The number of nitrogens with zero attached hydrogens (tertiary/aromatic N) is 6. The van der Waals surface area contributed by atoms with E-state index in [1.807, 2.05) is 22.6 Å². The van der Waals surface area contributed by atoms with Crippen molar-refractivity contribution in [3.63, 3.8) is 0 Å². The molecule has 3 rings (SSSR count). The molecular weight excluding hydrogens is 483 g/mol. The fraction of sp³-hybridized carbons (Fsp3) is 0.267. The average Bonchev–Trinajstić information content (AvgIpc) is 3.14. The van der Waals surface area contributed by atoms with E-state index in [-0.39, 0.29) is 0 Å². The van der Waals surface area contributed by atoms with Crippen LogP contribution >= 0.6 is 22.6 Å². The Labute approximate surface area is 163 Å². The highest BCUT2D eigenvalue weighted by atomic mass is 127. The molecule has 0 spiro atoms. The van der Waals surface area contributed by atoms with Gasteiger partial charge in [-0.05, 0) is 22.6 Å². The zero-order valence-electron chi connectivity index (χ0n) is 13.4. The first-order valence-corrected chi connectivity index (χ1v) is 8.94. The summed E-state index contributed by atoms with van der Waals surface area (Å²) in [6.07, 6.45) is 2.92. The molecule has 0 aliphatic carbocycles. The van der Waals surface area contributed by atoms with Crippen LogP contribution in [0.25, 0.3) is 0 Å². The van der Waals surface area contributed by atoms with Crippen LogP contribution in [0.15, 0.2) is 36.9 Å². The van der Waals surface area contributed by atoms with Crippen molar-refractivity contribution < 1.29 is 22.7 Å². The lowest BCUT2D eigenvalue weighted by molar-refractivity contribution is -0.208. The Hall–Kier alpha value is -2.22. The minimum Gasteiger partial charge on any atom is -0.377 e. The summed E-state index contributed by atoms with van der Waals surface area (Å²) in [6, 6.07) is 1.92. The molecule has 0 radical (unpaired) electrons. The van der Waals surface area contributed by atoms with E-state index in [0.29, 0.717) is 16.2 Å². The van der Waals surface area contributed by atoms with Crippen molar-refractivity contribution in [1.82, 2.24) is 30.2 Å². The average molecular weight is 494 g/mol. The van der Waals surface area contributed by atoms with Crippen LogP contribution in [0.1, 0.15) is 17.0 Å². The van der Waals surface area contributed by atoms with Crippen molar-refractivity contribution in [2.24, 2.45) is 0 Å². The largest absolute Gasteiger partial charge is 0.377 e. The van der Waals surface area contributed by atoms with E-state index in [9.17, 15) is 13.9 Å². The van der Waals surface area contributed by atoms with Crippen LogP contribution in [0.2, 0.25) is 0 Å². The van der Waals surface area contributed by atoms with Crippen LogP contribution in [-0.2, 0) is 22.5 Å². The summed E-state index contributed by atoms with van der Waals surface area (Å²) in [5.41, 5.74) is -4.42. The van der Waals surface area contributed by atoms with Gasteiger partial charge in [-0.1, -0.05) is 22.6 Å². The topological polar surface area (TPSA) is 89.6 Å². The molecule has 0 fully saturated rings. The van der Waals surface area contributed by atoms with E-state index in [1.54, 1.807) is 0 Å². The van der Waals surface area contributed by atoms with Gasteiger partial charge in [-0.15, -0.1) is 5.10 Å². The summed E-state index contributed by atoms with van der Waals surface area (Å²) in [7, 11) is 0. The Morgan fingerprint density at radius 3 is 2.48 bits per heavy atom. The van der Waals surface area contributed by atoms with E-state index < -0.39 is 41.0 Å². The summed E-state index contributed by atoms with van der Waals surface area (Å²) in [5.74, 6) is -6.42. The second-order valence-corrected chi connectivity index (χ2v) is 6.36. The van der Waals surface area contributed by atoms with Crippen LogP contribution in [0.3, 0.4) is 0 Å². The molecule has 27 heavy (non-hydrogen) atoms. The maximum atomic E-state index is 15.3. The van der Waals surface area contributed by atoms with Crippen LogP contribution in [-0.4, -0.2) is 35.3 Å². The lowest BCUT2D eigenvalue weighted by atomic mass is 9.85. The summed E-state index contributed by atoms with van der Waals surface area (Å²) >= 11 is 1.98. The van der Waals surface area contributed by atoms with Gasteiger partial charge < -0.3 is 5.11 Å². The number of rotatable bonds is 6. The van der Waals surface area contributed by atoms with Crippen molar-refractivity contribution in [3.8, 4) is 0 Å². The van der Waals surface area contributed by atoms with Gasteiger partial charge in [0.25, 0.3) is 0 Å². The summed E-state index contributed by atoms with van der Waals surface area (Å²) in [5, 5.41) is 21.0. The smallest absolute Gasteiger partial charge is 0.325 e. The minimum atomic E-state index is -4.10. The third kappa shape index (κ3) is 3.63. The van der Waals surface area contributed by atoms with Gasteiger partial charge in [0.2, 0.25) is 0 Å². The van der Waals surface area contributed by atoms with Gasteiger partial charge in [0.15, 0.2) is 5.60 Å². The second kappa shape index (κ2) is 7.42. The number of tetrazole rings is 1. The highest BCUT2D eigenvalue weighted by molar-refractivity contribution is 14.1. The van der Waals surface area contributed by atoms with Gasteiger partial charge in [-0.2, -0.15) is 8.78 Å². The first kappa shape index (κ1) is 19.5. The minimum absolute atomic E-state index is 0.404. The molecule has 142 valence electrons. The maximum absolute atomic E-state index is 15.3. The number of halogens is 5. The molecule has 1 atom stereocenters. The van der Waals surface area contributed by atoms with E-state index in [2.05, 4.69) is 25.5 Å². The van der Waals surface area contributed by atoms with Crippen molar-refractivity contribution in [3.05, 3.63) is 65.5 Å². The third-order valence-electron chi connectivity index (χ3n) is 3.84. The third-order valence-corrected chi connectivity index (χ3v) is 4.62. The number of benzene rings is 1. The molecule has 0 saturated heterocycles. The summed E-state index contributed by atoms with van der Waals surface area (Å²) in [6.45, 7) is -0.911. The number of aliphatic hydroxyl groups is 1. The van der Waals surface area contributed by atoms with E-state index in [0.717, 1.165) is 35.5 Å². The molecule has 0 amide bonds. The normalized spacial score (nSPS) is 14.1. The highest BCUT2D eigenvalue weighted by Gasteiger charge is 2.58. The molecule has 0 aliphatic rings. The van der Waals surface area contributed by atoms with Crippen LogP contribution < -0.4 is 0 Å². The van der Waals surface area contributed by atoms with Crippen LogP contribution in [0.4, 0.5) is 17.6 Å². The van der Waals surface area contributed by atoms with Gasteiger partial charge in [0.05, 0.1) is 18.4 Å². The van der Waals surface area contributed by atoms with Gasteiger partial charge in [0.1, 0.15) is 23.7 Å². The number of alkyl halides is 3. The summed E-state index contributed by atoms with van der Waals surface area (Å²) in [4.78, 5) is 7.50. The van der Waals surface area contributed by atoms with Gasteiger partial charge >= 0.3 is 5.92 Å². The summed E-state index contributed by atoms with van der Waals surface area (Å²) < 4.78 is 59.4. The van der Waals surface area contributed by atoms with Crippen molar-refractivity contribution >= 4 is 22.6 Å². The van der Waals surface area contributed by atoms with Crippen LogP contribution in [0.5, 0.6) is 0 Å². The van der Waals surface area contributed by atoms with Crippen LogP contribution in [0, 0.1) is 11.6 Å². The number of aromatic nitrogens is 6. The fourth-order valence-corrected chi connectivity index (χ4v) is 2.86. The zero-order chi connectivity index (χ0) is 19.7. The molecular formula is C15H11F4IN6O. The monoisotopic (exact) mass is 494 g/mol. The molecule has 0 saturated carbocycles. The Kier molecular flexibility index (Phi) is 5.37. The Bertz CT molecular complexity index is 925. The Balaban J connectivity index is 2.15. The Morgan fingerprint density at radius 2 is 1.93 bits per heavy atom. The molecule has 1 aromatic carbocycles. The van der Waals surface area contributed by atoms with Crippen molar-refractivity contribution in [1.29, 1.82) is 0 Å².